The van der Waals surface area contributed by atoms with Gasteiger partial charge in [0.25, 0.3) is 0 Å². The van der Waals surface area contributed by atoms with Crippen molar-refractivity contribution in [3.05, 3.63) is 29.8 Å². The fraction of sp³-hybridized carbons (Fsp3) is 0.556. The molecule has 0 radical (unpaired) electrons. The van der Waals surface area contributed by atoms with Crippen LogP contribution in [0.25, 0.3) is 0 Å². The highest BCUT2D eigenvalue weighted by Gasteiger charge is 2.37. The van der Waals surface area contributed by atoms with E-state index in [1.54, 1.807) is 7.11 Å². The second kappa shape index (κ2) is 8.82. The Morgan fingerprint density at radius 2 is 2.04 bits per heavy atom. The second-order valence-corrected chi connectivity index (χ2v) is 6.32. The first-order valence-corrected chi connectivity index (χ1v) is 8.64. The summed E-state index contributed by atoms with van der Waals surface area (Å²) < 4.78 is 5.48. The summed E-state index contributed by atoms with van der Waals surface area (Å²) in [5.41, 5.74) is 1.84. The van der Waals surface area contributed by atoms with Crippen molar-refractivity contribution in [2.75, 3.05) is 32.1 Å². The molecule has 3 N–H and O–H groups in total. The van der Waals surface area contributed by atoms with Crippen molar-refractivity contribution in [2.45, 2.75) is 39.0 Å². The van der Waals surface area contributed by atoms with Crippen molar-refractivity contribution in [1.82, 2.24) is 15.5 Å². The Hall–Kier alpha value is -2.12. The number of amides is 3. The maximum Gasteiger partial charge on any atom is 0.315 e. The third-order valence-corrected chi connectivity index (χ3v) is 4.58. The second-order valence-electron chi connectivity index (χ2n) is 6.32. The summed E-state index contributed by atoms with van der Waals surface area (Å²) in [4.78, 5) is 26.4. The van der Waals surface area contributed by atoms with Crippen LogP contribution in [0.5, 0.6) is 0 Å². The van der Waals surface area contributed by atoms with E-state index in [1.807, 2.05) is 49.9 Å². The zero-order chi connectivity index (χ0) is 18.4. The quantitative estimate of drug-likeness (QED) is 0.724. The summed E-state index contributed by atoms with van der Waals surface area (Å²) in [7, 11) is 1.62. The van der Waals surface area contributed by atoms with E-state index in [-0.39, 0.29) is 30.1 Å². The van der Waals surface area contributed by atoms with Gasteiger partial charge in [-0.1, -0.05) is 18.2 Å². The van der Waals surface area contributed by atoms with Gasteiger partial charge in [0, 0.05) is 32.4 Å². The average molecular weight is 348 g/mol. The van der Waals surface area contributed by atoms with E-state index in [0.717, 1.165) is 11.3 Å². The molecule has 2 rings (SSSR count). The fourth-order valence-corrected chi connectivity index (χ4v) is 2.99. The molecule has 0 bridgehead atoms. The topological polar surface area (TPSA) is 82.7 Å². The summed E-state index contributed by atoms with van der Waals surface area (Å²) in [6.45, 7) is 7.42. The number of anilines is 1. The van der Waals surface area contributed by atoms with Crippen molar-refractivity contribution in [3.8, 4) is 0 Å². The molecule has 1 aromatic carbocycles. The summed E-state index contributed by atoms with van der Waals surface area (Å²) in [6.07, 6.45) is -0.142. The molecule has 1 aliphatic heterocycles. The normalized spacial score (nSPS) is 21.6. The number of carbonyl (C=O) groups excluding carboxylic acids is 2. The lowest BCUT2D eigenvalue weighted by molar-refractivity contribution is -0.120. The van der Waals surface area contributed by atoms with Gasteiger partial charge in [0.05, 0.1) is 18.2 Å². The SMILES string of the molecule is CCNC(=O)N[C@@H]1CN([C@H](C)C(=O)Nc2ccccc2C)C[C@@H]1OC. The molecule has 1 fully saturated rings. The lowest BCUT2D eigenvalue weighted by Crippen LogP contribution is -2.48. The molecule has 1 aromatic rings. The van der Waals surface area contributed by atoms with Crippen LogP contribution in [0, 0.1) is 6.92 Å². The van der Waals surface area contributed by atoms with Crippen LogP contribution in [-0.4, -0.2) is 61.8 Å². The molecule has 25 heavy (non-hydrogen) atoms. The molecule has 138 valence electrons. The van der Waals surface area contributed by atoms with Crippen LogP contribution < -0.4 is 16.0 Å². The van der Waals surface area contributed by atoms with Gasteiger partial charge in [0.2, 0.25) is 5.91 Å². The predicted octanol–water partition coefficient (Wildman–Crippen LogP) is 1.34. The molecule has 0 aromatic heterocycles. The number of nitrogens with zero attached hydrogens (tertiary/aromatic N) is 1. The highest BCUT2D eigenvalue weighted by molar-refractivity contribution is 5.95. The number of methoxy groups -OCH3 is 1. The van der Waals surface area contributed by atoms with E-state index >= 15 is 0 Å². The number of benzene rings is 1. The van der Waals surface area contributed by atoms with Crippen LogP contribution in [0.2, 0.25) is 0 Å². The van der Waals surface area contributed by atoms with E-state index in [9.17, 15) is 9.59 Å². The monoisotopic (exact) mass is 348 g/mol. The molecule has 1 heterocycles. The van der Waals surface area contributed by atoms with Crippen LogP contribution in [-0.2, 0) is 9.53 Å². The van der Waals surface area contributed by atoms with Gasteiger partial charge >= 0.3 is 6.03 Å². The van der Waals surface area contributed by atoms with Gasteiger partial charge in [-0.3, -0.25) is 9.69 Å². The summed E-state index contributed by atoms with van der Waals surface area (Å²) >= 11 is 0. The van der Waals surface area contributed by atoms with Crippen molar-refractivity contribution in [1.29, 1.82) is 0 Å². The number of carbonyl (C=O) groups is 2. The molecule has 0 saturated carbocycles. The predicted molar refractivity (Wildman–Crippen MR) is 97.6 cm³/mol. The van der Waals surface area contributed by atoms with Crippen molar-refractivity contribution >= 4 is 17.6 Å². The highest BCUT2D eigenvalue weighted by Crippen LogP contribution is 2.19. The Labute approximate surface area is 149 Å². The lowest BCUT2D eigenvalue weighted by Gasteiger charge is -2.23. The van der Waals surface area contributed by atoms with E-state index in [4.69, 9.17) is 4.74 Å². The minimum absolute atomic E-state index is 0.0668. The van der Waals surface area contributed by atoms with Crippen molar-refractivity contribution < 1.29 is 14.3 Å². The molecule has 1 saturated heterocycles. The number of rotatable bonds is 6. The first-order chi connectivity index (χ1) is 12.0. The molecule has 7 nitrogen and oxygen atoms in total. The summed E-state index contributed by atoms with van der Waals surface area (Å²) in [6, 6.07) is 7.01. The van der Waals surface area contributed by atoms with Gasteiger partial charge in [-0.15, -0.1) is 0 Å². The standard InChI is InChI=1S/C18H28N4O3/c1-5-19-18(24)21-15-10-22(11-16(15)25-4)13(3)17(23)20-14-9-7-6-8-12(14)2/h6-9,13,15-16H,5,10-11H2,1-4H3,(H,20,23)(H2,19,21,24)/t13-,15-,16+/m1/s1. The highest BCUT2D eigenvalue weighted by atomic mass is 16.5. The van der Waals surface area contributed by atoms with E-state index in [0.29, 0.717) is 19.6 Å². The van der Waals surface area contributed by atoms with Gasteiger partial charge in [-0.05, 0) is 32.4 Å². The Morgan fingerprint density at radius 1 is 1.32 bits per heavy atom. The van der Waals surface area contributed by atoms with Crippen LogP contribution in [0.1, 0.15) is 19.4 Å². The molecule has 1 aliphatic rings. The van der Waals surface area contributed by atoms with Crippen LogP contribution in [0.15, 0.2) is 24.3 Å². The number of hydrogen-bond donors (Lipinski definition) is 3. The number of aryl methyl sites for hydroxylation is 1. The zero-order valence-corrected chi connectivity index (χ0v) is 15.3. The van der Waals surface area contributed by atoms with Crippen molar-refractivity contribution in [3.63, 3.8) is 0 Å². The Bertz CT molecular complexity index is 608. The Morgan fingerprint density at radius 3 is 2.68 bits per heavy atom. The van der Waals surface area contributed by atoms with Gasteiger partial charge in [0.1, 0.15) is 0 Å². The molecular formula is C18H28N4O3. The largest absolute Gasteiger partial charge is 0.378 e. The molecule has 3 amide bonds. The number of hydrogen-bond acceptors (Lipinski definition) is 4. The third-order valence-electron chi connectivity index (χ3n) is 4.58. The Balaban J connectivity index is 1.97. The molecule has 7 heteroatoms. The number of urea groups is 1. The number of ether oxygens (including phenoxy) is 1. The van der Waals surface area contributed by atoms with Crippen molar-refractivity contribution in [2.24, 2.45) is 0 Å². The van der Waals surface area contributed by atoms with Crippen LogP contribution in [0.3, 0.4) is 0 Å². The van der Waals surface area contributed by atoms with Gasteiger partial charge in [0.15, 0.2) is 0 Å². The molecule has 0 unspecified atom stereocenters. The summed E-state index contributed by atoms with van der Waals surface area (Å²) in [5.74, 6) is -0.0668. The van der Waals surface area contributed by atoms with Gasteiger partial charge < -0.3 is 20.7 Å². The zero-order valence-electron chi connectivity index (χ0n) is 15.3. The smallest absolute Gasteiger partial charge is 0.315 e. The van der Waals surface area contributed by atoms with Gasteiger partial charge in [-0.25, -0.2) is 4.79 Å². The molecular weight excluding hydrogens is 320 g/mol. The minimum Gasteiger partial charge on any atom is -0.378 e. The number of likely N-dealkylation sites (tertiary alicyclic amines) is 1. The van der Waals surface area contributed by atoms with E-state index < -0.39 is 0 Å². The Kier molecular flexibility index (Phi) is 6.78. The van der Waals surface area contributed by atoms with Gasteiger partial charge in [-0.2, -0.15) is 0 Å². The number of nitrogens with one attached hydrogen (secondary N) is 3. The molecule has 0 spiro atoms. The average Bonchev–Trinajstić information content (AvgIpc) is 2.99. The molecule has 3 atom stereocenters. The maximum atomic E-state index is 12.6. The summed E-state index contributed by atoms with van der Waals surface area (Å²) in [5, 5.41) is 8.61. The first-order valence-electron chi connectivity index (χ1n) is 8.64. The maximum absolute atomic E-state index is 12.6. The molecule has 0 aliphatic carbocycles. The number of para-hydroxylation sites is 1. The minimum atomic E-state index is -0.321. The lowest BCUT2D eigenvalue weighted by atomic mass is 10.2. The third kappa shape index (κ3) is 4.93. The van der Waals surface area contributed by atoms with E-state index in [2.05, 4.69) is 16.0 Å². The first kappa shape index (κ1) is 19.2. The van der Waals surface area contributed by atoms with Crippen LogP contribution >= 0.6 is 0 Å². The van der Waals surface area contributed by atoms with E-state index in [1.165, 1.54) is 0 Å². The van der Waals surface area contributed by atoms with Crippen LogP contribution in [0.4, 0.5) is 10.5 Å². The fourth-order valence-electron chi connectivity index (χ4n) is 2.99.